The van der Waals surface area contributed by atoms with Gasteiger partial charge in [0, 0.05) is 32.2 Å². The second kappa shape index (κ2) is 13.9. The molecule has 1 aromatic carbocycles. The summed E-state index contributed by atoms with van der Waals surface area (Å²) in [5.41, 5.74) is 0.557. The molecular weight excluding hydrogens is 497 g/mol. The van der Waals surface area contributed by atoms with E-state index < -0.39 is 6.61 Å². The molecule has 29 heavy (non-hydrogen) atoms. The summed E-state index contributed by atoms with van der Waals surface area (Å²) in [7, 11) is 1.65. The first-order valence-corrected chi connectivity index (χ1v) is 9.10. The molecule has 0 amide bonds. The molecule has 0 saturated heterocycles. The molecule has 0 radical (unpaired) electrons. The molecule has 8 nitrogen and oxygen atoms in total. The number of aryl methyl sites for hydroxylation is 1. The van der Waals surface area contributed by atoms with Crippen LogP contribution in [-0.2, 0) is 13.1 Å². The molecule has 0 fully saturated rings. The Hall–Kier alpha value is -2.18. The Kier molecular flexibility index (Phi) is 11.9. The second-order valence-corrected chi connectivity index (χ2v) is 5.82. The Balaban J connectivity index is 0.00000420. The lowest BCUT2D eigenvalue weighted by Crippen LogP contribution is -2.37. The predicted molar refractivity (Wildman–Crippen MR) is 117 cm³/mol. The molecule has 1 heterocycles. The molecule has 2 aromatic rings. The first kappa shape index (κ1) is 24.9. The number of nitrogens with zero attached hydrogens (tertiary/aromatic N) is 4. The molecule has 2 rings (SSSR count). The van der Waals surface area contributed by atoms with Gasteiger partial charge in [0.25, 0.3) is 0 Å². The molecular formula is C18H27F2IN6O2. The average molecular weight is 524 g/mol. The van der Waals surface area contributed by atoms with Gasteiger partial charge >= 0.3 is 6.61 Å². The number of nitrogens with one attached hydrogen (secondary N) is 2. The smallest absolute Gasteiger partial charge is 0.387 e. The quantitative estimate of drug-likeness (QED) is 0.204. The van der Waals surface area contributed by atoms with Crippen molar-refractivity contribution < 1.29 is 18.3 Å². The summed E-state index contributed by atoms with van der Waals surface area (Å²) in [5, 5.41) is 13.8. The minimum Gasteiger partial charge on any atom is -0.490 e. The molecule has 2 N–H and O–H groups in total. The molecule has 11 heteroatoms. The van der Waals surface area contributed by atoms with Crippen LogP contribution in [0.3, 0.4) is 0 Å². The molecule has 0 bridgehead atoms. The normalized spacial score (nSPS) is 11.1. The fourth-order valence-electron chi connectivity index (χ4n) is 2.56. The standard InChI is InChI=1S/C18H26F2N6O2.HI/c1-3-27-15-8-6-7-14(16(15)28-17(19)20)11-23-18(21-2)22-9-4-5-10-26-12-24-25-13-26;/h6-8,12-13,17H,3-5,9-11H2,1-2H3,(H2,21,22,23);1H. The van der Waals surface area contributed by atoms with Gasteiger partial charge in [-0.15, -0.1) is 34.2 Å². The minimum absolute atomic E-state index is 0. The molecule has 0 spiro atoms. The molecule has 0 aliphatic heterocycles. The number of aromatic nitrogens is 3. The van der Waals surface area contributed by atoms with Gasteiger partial charge in [-0.2, -0.15) is 8.78 Å². The second-order valence-electron chi connectivity index (χ2n) is 5.82. The fraction of sp³-hybridized carbons (Fsp3) is 0.500. The number of para-hydroxylation sites is 1. The molecule has 0 atom stereocenters. The molecule has 1 aromatic heterocycles. The Morgan fingerprint density at radius 2 is 1.97 bits per heavy atom. The van der Waals surface area contributed by atoms with Gasteiger partial charge < -0.3 is 24.7 Å². The lowest BCUT2D eigenvalue weighted by molar-refractivity contribution is -0.0520. The number of ether oxygens (including phenoxy) is 2. The van der Waals surface area contributed by atoms with E-state index in [0.717, 1.165) is 25.9 Å². The van der Waals surface area contributed by atoms with Crippen LogP contribution in [0, 0.1) is 0 Å². The lowest BCUT2D eigenvalue weighted by Gasteiger charge is -2.17. The summed E-state index contributed by atoms with van der Waals surface area (Å²) in [5.74, 6) is 0.907. The summed E-state index contributed by atoms with van der Waals surface area (Å²) < 4.78 is 37.5. The number of aliphatic imine (C=N–C) groups is 1. The van der Waals surface area contributed by atoms with Crippen LogP contribution in [0.5, 0.6) is 11.5 Å². The van der Waals surface area contributed by atoms with E-state index in [4.69, 9.17) is 4.74 Å². The Labute approximate surface area is 186 Å². The van der Waals surface area contributed by atoms with Crippen LogP contribution in [0.4, 0.5) is 8.78 Å². The van der Waals surface area contributed by atoms with Crippen LogP contribution in [-0.4, -0.2) is 47.5 Å². The van der Waals surface area contributed by atoms with Gasteiger partial charge in [0.05, 0.1) is 6.61 Å². The topological polar surface area (TPSA) is 85.6 Å². The molecule has 0 unspecified atom stereocenters. The maximum atomic E-state index is 12.8. The third-order valence-electron chi connectivity index (χ3n) is 3.84. The van der Waals surface area contributed by atoms with E-state index in [1.54, 1.807) is 44.8 Å². The van der Waals surface area contributed by atoms with Crippen molar-refractivity contribution in [2.75, 3.05) is 20.2 Å². The van der Waals surface area contributed by atoms with E-state index in [2.05, 4.69) is 30.6 Å². The number of halogens is 3. The van der Waals surface area contributed by atoms with E-state index in [-0.39, 0.29) is 36.3 Å². The highest BCUT2D eigenvalue weighted by Gasteiger charge is 2.15. The van der Waals surface area contributed by atoms with E-state index >= 15 is 0 Å². The number of guanidine groups is 1. The van der Waals surface area contributed by atoms with Gasteiger partial charge in [-0.25, -0.2) is 0 Å². The third kappa shape index (κ3) is 8.79. The highest BCUT2D eigenvalue weighted by molar-refractivity contribution is 14.0. The van der Waals surface area contributed by atoms with Crippen LogP contribution in [0.2, 0.25) is 0 Å². The number of hydrogen-bond acceptors (Lipinski definition) is 5. The highest BCUT2D eigenvalue weighted by Crippen LogP contribution is 2.32. The monoisotopic (exact) mass is 524 g/mol. The number of hydrogen-bond donors (Lipinski definition) is 2. The van der Waals surface area contributed by atoms with Gasteiger partial charge in [-0.1, -0.05) is 12.1 Å². The maximum absolute atomic E-state index is 12.8. The first-order chi connectivity index (χ1) is 13.6. The van der Waals surface area contributed by atoms with Crippen molar-refractivity contribution in [3.63, 3.8) is 0 Å². The summed E-state index contributed by atoms with van der Waals surface area (Å²) >= 11 is 0. The maximum Gasteiger partial charge on any atom is 0.387 e. The van der Waals surface area contributed by atoms with Crippen molar-refractivity contribution in [1.82, 2.24) is 25.4 Å². The highest BCUT2D eigenvalue weighted by atomic mass is 127. The Morgan fingerprint density at radius 3 is 2.62 bits per heavy atom. The largest absolute Gasteiger partial charge is 0.490 e. The molecule has 162 valence electrons. The first-order valence-electron chi connectivity index (χ1n) is 9.10. The van der Waals surface area contributed by atoms with Gasteiger partial charge in [0.15, 0.2) is 17.5 Å². The molecule has 0 aliphatic carbocycles. The van der Waals surface area contributed by atoms with Crippen molar-refractivity contribution in [1.29, 1.82) is 0 Å². The zero-order valence-corrected chi connectivity index (χ0v) is 18.8. The van der Waals surface area contributed by atoms with Crippen molar-refractivity contribution in [2.45, 2.75) is 39.5 Å². The van der Waals surface area contributed by atoms with Crippen molar-refractivity contribution in [3.8, 4) is 11.5 Å². The minimum atomic E-state index is -2.93. The van der Waals surface area contributed by atoms with Gasteiger partial charge in [0.2, 0.25) is 0 Å². The van der Waals surface area contributed by atoms with Crippen LogP contribution in [0.1, 0.15) is 25.3 Å². The van der Waals surface area contributed by atoms with E-state index in [9.17, 15) is 8.78 Å². The Bertz CT molecular complexity index is 731. The summed E-state index contributed by atoms with van der Waals surface area (Å²) in [6.45, 7) is 1.05. The van der Waals surface area contributed by atoms with E-state index in [1.165, 1.54) is 0 Å². The van der Waals surface area contributed by atoms with E-state index in [1.807, 2.05) is 4.57 Å². The van der Waals surface area contributed by atoms with Gasteiger partial charge in [-0.05, 0) is 25.8 Å². The molecule has 0 aliphatic rings. The zero-order chi connectivity index (χ0) is 20.2. The average Bonchev–Trinajstić information content (AvgIpc) is 3.19. The van der Waals surface area contributed by atoms with Gasteiger partial charge in [-0.3, -0.25) is 4.99 Å². The third-order valence-corrected chi connectivity index (χ3v) is 3.84. The van der Waals surface area contributed by atoms with Crippen molar-refractivity contribution in [3.05, 3.63) is 36.4 Å². The number of benzene rings is 1. The number of rotatable bonds is 11. The van der Waals surface area contributed by atoms with Gasteiger partial charge in [0.1, 0.15) is 12.7 Å². The zero-order valence-electron chi connectivity index (χ0n) is 16.5. The Morgan fingerprint density at radius 1 is 1.21 bits per heavy atom. The summed E-state index contributed by atoms with van der Waals surface area (Å²) in [6.07, 6.45) is 5.26. The summed E-state index contributed by atoms with van der Waals surface area (Å²) in [6, 6.07) is 5.05. The van der Waals surface area contributed by atoms with Crippen LogP contribution < -0.4 is 20.1 Å². The van der Waals surface area contributed by atoms with Crippen LogP contribution >= 0.6 is 24.0 Å². The lowest BCUT2D eigenvalue weighted by atomic mass is 10.2. The predicted octanol–water partition coefficient (Wildman–Crippen LogP) is 3.04. The number of unbranched alkanes of at least 4 members (excludes halogenated alkanes) is 1. The van der Waals surface area contributed by atoms with Crippen molar-refractivity contribution >= 4 is 29.9 Å². The SMILES string of the molecule is CCOc1cccc(CNC(=NC)NCCCCn2cnnc2)c1OC(F)F.I. The number of alkyl halides is 2. The van der Waals surface area contributed by atoms with Crippen LogP contribution in [0.25, 0.3) is 0 Å². The van der Waals surface area contributed by atoms with Crippen molar-refractivity contribution in [2.24, 2.45) is 4.99 Å². The fourth-order valence-corrected chi connectivity index (χ4v) is 2.56. The van der Waals surface area contributed by atoms with Crippen LogP contribution in [0.15, 0.2) is 35.8 Å². The summed E-state index contributed by atoms with van der Waals surface area (Å²) in [4.78, 5) is 4.15. The van der Waals surface area contributed by atoms with E-state index in [0.29, 0.717) is 23.9 Å². The molecule has 0 saturated carbocycles.